The Morgan fingerprint density at radius 3 is 2.53 bits per heavy atom. The van der Waals surface area contributed by atoms with E-state index < -0.39 is 11.8 Å². The first-order valence-electron chi connectivity index (χ1n) is 10.6. The molecule has 32 heavy (non-hydrogen) atoms. The number of carbonyl (C=O) groups is 1. The molecule has 2 N–H and O–H groups in total. The Bertz CT molecular complexity index is 1240. The molecule has 4 aromatic rings. The lowest BCUT2D eigenvalue weighted by atomic mass is 10.1. The second-order valence-corrected chi connectivity index (χ2v) is 8.14. The predicted octanol–water partition coefficient (Wildman–Crippen LogP) is 5.90. The number of aryl methyl sites for hydroxylation is 1. The van der Waals surface area contributed by atoms with E-state index in [-0.39, 0.29) is 17.3 Å². The normalized spacial score (nSPS) is 11.2. The standard InChI is InChI=1S/C26H24ClFN2O2/c27-23-15-20(28)13-12-19(23)17-30-24-11-5-4-10-21(24)22(25(30)26(31)32)16-29-14-6-9-18-7-2-1-3-8-18/h1-5,7-8,10-13,15,29H,6,9,14,16-17H2,(H,31,32). The zero-order valence-electron chi connectivity index (χ0n) is 17.5. The molecule has 0 spiro atoms. The summed E-state index contributed by atoms with van der Waals surface area (Å²) in [6, 6.07) is 22.1. The number of carboxylic acids is 1. The fourth-order valence-electron chi connectivity index (χ4n) is 4.06. The number of para-hydroxylation sites is 1. The molecule has 1 heterocycles. The van der Waals surface area contributed by atoms with E-state index in [1.54, 1.807) is 10.6 Å². The second kappa shape index (κ2) is 9.98. The van der Waals surface area contributed by atoms with Crippen LogP contribution in [0.5, 0.6) is 0 Å². The number of rotatable bonds is 9. The van der Waals surface area contributed by atoms with Gasteiger partial charge >= 0.3 is 5.97 Å². The van der Waals surface area contributed by atoms with Crippen LogP contribution in [-0.2, 0) is 19.5 Å². The van der Waals surface area contributed by atoms with Crippen LogP contribution in [0.3, 0.4) is 0 Å². The maximum absolute atomic E-state index is 13.5. The van der Waals surface area contributed by atoms with Crippen molar-refractivity contribution in [2.24, 2.45) is 0 Å². The van der Waals surface area contributed by atoms with Gasteiger partial charge in [-0.25, -0.2) is 9.18 Å². The highest BCUT2D eigenvalue weighted by Gasteiger charge is 2.22. The van der Waals surface area contributed by atoms with E-state index in [2.05, 4.69) is 17.4 Å². The van der Waals surface area contributed by atoms with Crippen molar-refractivity contribution in [3.8, 4) is 0 Å². The lowest BCUT2D eigenvalue weighted by molar-refractivity contribution is 0.0684. The van der Waals surface area contributed by atoms with E-state index in [0.717, 1.165) is 35.9 Å². The van der Waals surface area contributed by atoms with Crippen LogP contribution in [0.4, 0.5) is 4.39 Å². The Labute approximate surface area is 191 Å². The number of aromatic carboxylic acids is 1. The van der Waals surface area contributed by atoms with Gasteiger partial charge < -0.3 is 15.0 Å². The Morgan fingerprint density at radius 2 is 1.78 bits per heavy atom. The largest absolute Gasteiger partial charge is 0.477 e. The smallest absolute Gasteiger partial charge is 0.352 e. The molecule has 6 heteroatoms. The van der Waals surface area contributed by atoms with Gasteiger partial charge in [0, 0.05) is 34.6 Å². The molecule has 0 aliphatic rings. The summed E-state index contributed by atoms with van der Waals surface area (Å²) in [4.78, 5) is 12.3. The summed E-state index contributed by atoms with van der Waals surface area (Å²) >= 11 is 6.23. The number of fused-ring (bicyclic) bond motifs is 1. The molecule has 3 aromatic carbocycles. The van der Waals surface area contributed by atoms with Gasteiger partial charge in [-0.2, -0.15) is 0 Å². The summed E-state index contributed by atoms with van der Waals surface area (Å²) in [7, 11) is 0. The molecule has 0 radical (unpaired) electrons. The number of nitrogens with one attached hydrogen (secondary N) is 1. The molecule has 0 saturated carbocycles. The highest BCUT2D eigenvalue weighted by molar-refractivity contribution is 6.31. The molecule has 164 valence electrons. The SMILES string of the molecule is O=C(O)c1c(CNCCCc2ccccc2)c2ccccc2n1Cc1ccc(F)cc1Cl. The van der Waals surface area contributed by atoms with E-state index in [0.29, 0.717) is 12.1 Å². The molecule has 0 saturated heterocycles. The third-order valence-electron chi connectivity index (χ3n) is 5.59. The summed E-state index contributed by atoms with van der Waals surface area (Å²) in [5, 5.41) is 14.6. The highest BCUT2D eigenvalue weighted by atomic mass is 35.5. The van der Waals surface area contributed by atoms with Gasteiger partial charge in [-0.15, -0.1) is 0 Å². The van der Waals surface area contributed by atoms with E-state index >= 15 is 0 Å². The van der Waals surface area contributed by atoms with Gasteiger partial charge in [0.25, 0.3) is 0 Å². The zero-order chi connectivity index (χ0) is 22.5. The maximum Gasteiger partial charge on any atom is 0.352 e. The third-order valence-corrected chi connectivity index (χ3v) is 5.94. The van der Waals surface area contributed by atoms with Crippen molar-refractivity contribution in [3.63, 3.8) is 0 Å². The first kappa shape index (κ1) is 22.1. The van der Waals surface area contributed by atoms with Crippen molar-refractivity contribution in [3.05, 3.63) is 106 Å². The summed E-state index contributed by atoms with van der Waals surface area (Å²) in [5.74, 6) is -1.42. The van der Waals surface area contributed by atoms with Crippen molar-refractivity contribution in [1.29, 1.82) is 0 Å². The van der Waals surface area contributed by atoms with Crippen molar-refractivity contribution < 1.29 is 14.3 Å². The van der Waals surface area contributed by atoms with E-state index in [9.17, 15) is 14.3 Å². The number of aromatic nitrogens is 1. The summed E-state index contributed by atoms with van der Waals surface area (Å²) in [6.07, 6.45) is 1.92. The van der Waals surface area contributed by atoms with E-state index in [1.165, 1.54) is 17.7 Å². The molecule has 4 nitrogen and oxygen atoms in total. The average Bonchev–Trinajstić information content (AvgIpc) is 3.10. The number of hydrogen-bond donors (Lipinski definition) is 2. The number of benzene rings is 3. The minimum absolute atomic E-state index is 0.224. The van der Waals surface area contributed by atoms with Gasteiger partial charge in [-0.1, -0.05) is 66.2 Å². The fourth-order valence-corrected chi connectivity index (χ4v) is 4.29. The zero-order valence-corrected chi connectivity index (χ0v) is 18.3. The third kappa shape index (κ3) is 4.85. The molecular weight excluding hydrogens is 427 g/mol. The van der Waals surface area contributed by atoms with E-state index in [4.69, 9.17) is 11.6 Å². The number of carboxylic acid groups (broad SMARTS) is 1. The minimum atomic E-state index is -1.000. The van der Waals surface area contributed by atoms with Crippen LogP contribution >= 0.6 is 11.6 Å². The van der Waals surface area contributed by atoms with E-state index in [1.807, 2.05) is 42.5 Å². The van der Waals surface area contributed by atoms with Crippen LogP contribution in [0, 0.1) is 5.82 Å². The van der Waals surface area contributed by atoms with Gasteiger partial charge in [0.15, 0.2) is 0 Å². The van der Waals surface area contributed by atoms with Crippen LogP contribution in [0.1, 0.15) is 33.6 Å². The van der Waals surface area contributed by atoms with Crippen molar-refractivity contribution in [1.82, 2.24) is 9.88 Å². The molecule has 0 atom stereocenters. The predicted molar refractivity (Wildman–Crippen MR) is 126 cm³/mol. The summed E-state index contributed by atoms with van der Waals surface area (Å²) in [5.41, 5.74) is 3.73. The van der Waals surface area contributed by atoms with Gasteiger partial charge in [0.05, 0.1) is 0 Å². The van der Waals surface area contributed by atoms with Gasteiger partial charge in [-0.05, 0) is 48.7 Å². The van der Waals surface area contributed by atoms with Crippen molar-refractivity contribution in [2.45, 2.75) is 25.9 Å². The summed E-state index contributed by atoms with van der Waals surface area (Å²) < 4.78 is 15.2. The van der Waals surface area contributed by atoms with Crippen molar-refractivity contribution in [2.75, 3.05) is 6.54 Å². The molecule has 0 aliphatic heterocycles. The van der Waals surface area contributed by atoms with Gasteiger partial charge in [0.2, 0.25) is 0 Å². The molecular formula is C26H24ClFN2O2. The monoisotopic (exact) mass is 450 g/mol. The quantitative estimate of drug-likeness (QED) is 0.312. The molecule has 1 aromatic heterocycles. The average molecular weight is 451 g/mol. The number of hydrogen-bond acceptors (Lipinski definition) is 2. The van der Waals surface area contributed by atoms with Crippen LogP contribution in [0.15, 0.2) is 72.8 Å². The molecule has 4 rings (SSSR count). The molecule has 0 aliphatic carbocycles. The highest BCUT2D eigenvalue weighted by Crippen LogP contribution is 2.29. The molecule has 0 bridgehead atoms. The first-order chi connectivity index (χ1) is 15.5. The van der Waals surface area contributed by atoms with Crippen molar-refractivity contribution >= 4 is 28.5 Å². The Hall–Kier alpha value is -3.15. The Balaban J connectivity index is 1.58. The van der Waals surface area contributed by atoms with Gasteiger partial charge in [0.1, 0.15) is 11.5 Å². The van der Waals surface area contributed by atoms with Crippen LogP contribution < -0.4 is 5.32 Å². The number of halogens is 2. The summed E-state index contributed by atoms with van der Waals surface area (Å²) in [6.45, 7) is 1.47. The second-order valence-electron chi connectivity index (χ2n) is 7.74. The maximum atomic E-state index is 13.5. The molecule has 0 amide bonds. The lowest BCUT2D eigenvalue weighted by Gasteiger charge is -2.11. The topological polar surface area (TPSA) is 54.3 Å². The first-order valence-corrected chi connectivity index (χ1v) is 10.9. The fraction of sp³-hybridized carbons (Fsp3) is 0.192. The van der Waals surface area contributed by atoms with Crippen LogP contribution in [0.25, 0.3) is 10.9 Å². The minimum Gasteiger partial charge on any atom is -0.477 e. The van der Waals surface area contributed by atoms with Crippen LogP contribution in [-0.4, -0.2) is 22.2 Å². The Morgan fingerprint density at radius 1 is 1.03 bits per heavy atom. The van der Waals surface area contributed by atoms with Gasteiger partial charge in [-0.3, -0.25) is 0 Å². The Kier molecular flexibility index (Phi) is 6.88. The molecule has 0 unspecified atom stereocenters. The molecule has 0 fully saturated rings. The number of nitrogens with zero attached hydrogens (tertiary/aromatic N) is 1. The lowest BCUT2D eigenvalue weighted by Crippen LogP contribution is -2.18. The van der Waals surface area contributed by atoms with Crippen LogP contribution in [0.2, 0.25) is 5.02 Å².